The maximum absolute atomic E-state index is 6.27. The molecule has 0 aliphatic rings. The Labute approximate surface area is 272 Å². The third kappa shape index (κ3) is 3.97. The van der Waals surface area contributed by atoms with Gasteiger partial charge in [0.1, 0.15) is 11.2 Å². The Hall–Kier alpha value is -6.18. The molecule has 47 heavy (non-hydrogen) atoms. The van der Waals surface area contributed by atoms with Crippen LogP contribution in [0.5, 0.6) is 0 Å². The van der Waals surface area contributed by atoms with Crippen molar-refractivity contribution in [2.24, 2.45) is 0 Å². The van der Waals surface area contributed by atoms with Crippen molar-refractivity contribution in [1.82, 2.24) is 0 Å². The topological polar surface area (TPSA) is 13.1 Å². The highest BCUT2D eigenvalue weighted by Gasteiger charge is 2.19. The number of hydrogen-bond donors (Lipinski definition) is 0. The standard InChI is InChI=1S/C46H28O/c1-2-11-29(12-3-1)31-14-8-16-33(27-31)43-36-18-4-6-20-38(36)44(39-21-7-5-19-37(39)43)34-17-9-15-32(28-34)35-25-26-42-46-40(35)24-23-30-13-10-22-41(47-42)45(30)46/h1-28H. The van der Waals surface area contributed by atoms with Crippen molar-refractivity contribution < 1.29 is 4.42 Å². The largest absolute Gasteiger partial charge is 0.456 e. The van der Waals surface area contributed by atoms with E-state index < -0.39 is 0 Å². The molecule has 10 aromatic rings. The lowest BCUT2D eigenvalue weighted by molar-refractivity contribution is 0.669. The number of furan rings is 1. The normalized spacial score (nSPS) is 11.8. The maximum atomic E-state index is 6.27. The van der Waals surface area contributed by atoms with E-state index >= 15 is 0 Å². The van der Waals surface area contributed by atoms with E-state index in [1.807, 2.05) is 0 Å². The zero-order valence-electron chi connectivity index (χ0n) is 25.6. The molecular weight excluding hydrogens is 569 g/mol. The summed E-state index contributed by atoms with van der Waals surface area (Å²) in [6, 6.07) is 61.6. The predicted octanol–water partition coefficient (Wildman–Crippen LogP) is 13.2. The number of benzene rings is 9. The SMILES string of the molecule is c1ccc(-c2cccc(-c3c4ccccc4c(-c4cccc(-c5ccc6oc7cccc8ccc5c6c87)c4)c4ccccc34)c2)cc1. The Kier molecular flexibility index (Phi) is 5.64. The van der Waals surface area contributed by atoms with Crippen molar-refractivity contribution in [3.8, 4) is 44.5 Å². The molecule has 1 heteroatoms. The van der Waals surface area contributed by atoms with Gasteiger partial charge in [0.25, 0.3) is 0 Å². The smallest absolute Gasteiger partial charge is 0.136 e. The second kappa shape index (κ2) is 10.2. The van der Waals surface area contributed by atoms with E-state index in [0.717, 1.165) is 11.2 Å². The third-order valence-electron chi connectivity index (χ3n) is 9.82. The quantitative estimate of drug-likeness (QED) is 0.145. The van der Waals surface area contributed by atoms with Gasteiger partial charge in [-0.3, -0.25) is 0 Å². The van der Waals surface area contributed by atoms with Gasteiger partial charge >= 0.3 is 0 Å². The zero-order valence-corrected chi connectivity index (χ0v) is 25.6. The van der Waals surface area contributed by atoms with Crippen LogP contribution in [0.2, 0.25) is 0 Å². The van der Waals surface area contributed by atoms with Crippen LogP contribution in [-0.2, 0) is 0 Å². The van der Waals surface area contributed by atoms with Gasteiger partial charge in [0.15, 0.2) is 0 Å². The fraction of sp³-hybridized carbons (Fsp3) is 0. The molecule has 0 aliphatic heterocycles. The Morgan fingerprint density at radius 1 is 0.298 bits per heavy atom. The molecule has 0 bridgehead atoms. The number of rotatable bonds is 4. The fourth-order valence-electron chi connectivity index (χ4n) is 7.78. The molecule has 1 nitrogen and oxygen atoms in total. The second-order valence-corrected chi connectivity index (χ2v) is 12.4. The van der Waals surface area contributed by atoms with Crippen LogP contribution in [0.4, 0.5) is 0 Å². The Bertz CT molecular complexity index is 2730. The van der Waals surface area contributed by atoms with Crippen LogP contribution >= 0.6 is 0 Å². The molecule has 0 atom stereocenters. The van der Waals surface area contributed by atoms with Gasteiger partial charge in [0, 0.05) is 10.8 Å². The first-order valence-electron chi connectivity index (χ1n) is 16.2. The molecule has 10 rings (SSSR count). The minimum atomic E-state index is 0.940. The summed E-state index contributed by atoms with van der Waals surface area (Å²) in [7, 11) is 0. The van der Waals surface area contributed by atoms with Crippen LogP contribution in [0, 0.1) is 0 Å². The molecule has 1 aromatic heterocycles. The first kappa shape index (κ1) is 26.1. The van der Waals surface area contributed by atoms with E-state index in [2.05, 4.69) is 170 Å². The molecule has 0 N–H and O–H groups in total. The molecule has 0 saturated carbocycles. The highest BCUT2D eigenvalue weighted by atomic mass is 16.3. The van der Waals surface area contributed by atoms with Crippen molar-refractivity contribution in [2.75, 3.05) is 0 Å². The summed E-state index contributed by atoms with van der Waals surface area (Å²) in [6.07, 6.45) is 0. The van der Waals surface area contributed by atoms with Gasteiger partial charge < -0.3 is 4.42 Å². The molecule has 0 spiro atoms. The van der Waals surface area contributed by atoms with Gasteiger partial charge in [-0.2, -0.15) is 0 Å². The highest BCUT2D eigenvalue weighted by molar-refractivity contribution is 6.25. The highest BCUT2D eigenvalue weighted by Crippen LogP contribution is 2.46. The third-order valence-corrected chi connectivity index (χ3v) is 9.82. The van der Waals surface area contributed by atoms with Crippen molar-refractivity contribution in [2.45, 2.75) is 0 Å². The lowest BCUT2D eigenvalue weighted by Gasteiger charge is -2.19. The lowest BCUT2D eigenvalue weighted by Crippen LogP contribution is -1.91. The molecule has 0 aliphatic carbocycles. The monoisotopic (exact) mass is 596 g/mol. The van der Waals surface area contributed by atoms with Gasteiger partial charge in [0.05, 0.1) is 0 Å². The predicted molar refractivity (Wildman–Crippen MR) is 199 cm³/mol. The Balaban J connectivity index is 1.21. The van der Waals surface area contributed by atoms with Crippen LogP contribution in [0.3, 0.4) is 0 Å². The van der Waals surface area contributed by atoms with Crippen LogP contribution in [0.15, 0.2) is 174 Å². The summed E-state index contributed by atoms with van der Waals surface area (Å²) < 4.78 is 6.27. The summed E-state index contributed by atoms with van der Waals surface area (Å²) in [5.41, 5.74) is 11.7. The summed E-state index contributed by atoms with van der Waals surface area (Å²) in [6.45, 7) is 0. The van der Waals surface area contributed by atoms with Gasteiger partial charge in [-0.15, -0.1) is 0 Å². The molecule has 218 valence electrons. The van der Waals surface area contributed by atoms with Gasteiger partial charge in [-0.1, -0.05) is 146 Å². The maximum Gasteiger partial charge on any atom is 0.136 e. The summed E-state index contributed by atoms with van der Waals surface area (Å²) in [4.78, 5) is 0. The van der Waals surface area contributed by atoms with E-state index in [9.17, 15) is 0 Å². The van der Waals surface area contributed by atoms with Crippen molar-refractivity contribution in [1.29, 1.82) is 0 Å². The molecule has 0 saturated heterocycles. The van der Waals surface area contributed by atoms with E-state index in [1.165, 1.54) is 87.6 Å². The van der Waals surface area contributed by atoms with Crippen molar-refractivity contribution in [3.63, 3.8) is 0 Å². The van der Waals surface area contributed by atoms with E-state index in [4.69, 9.17) is 4.42 Å². The van der Waals surface area contributed by atoms with Crippen LogP contribution in [0.25, 0.3) is 98.8 Å². The number of hydrogen-bond acceptors (Lipinski definition) is 1. The summed E-state index contributed by atoms with van der Waals surface area (Å²) >= 11 is 0. The lowest BCUT2D eigenvalue weighted by atomic mass is 9.84. The van der Waals surface area contributed by atoms with Gasteiger partial charge in [0.2, 0.25) is 0 Å². The summed E-state index contributed by atoms with van der Waals surface area (Å²) in [5.74, 6) is 0. The molecule has 0 unspecified atom stereocenters. The van der Waals surface area contributed by atoms with E-state index in [0.29, 0.717) is 0 Å². The van der Waals surface area contributed by atoms with E-state index in [1.54, 1.807) is 0 Å². The van der Waals surface area contributed by atoms with Crippen LogP contribution in [0.1, 0.15) is 0 Å². The molecule has 0 fully saturated rings. The summed E-state index contributed by atoms with van der Waals surface area (Å²) in [5, 5.41) is 9.88. The first-order valence-corrected chi connectivity index (χ1v) is 16.2. The minimum Gasteiger partial charge on any atom is -0.456 e. The van der Waals surface area contributed by atoms with Crippen LogP contribution in [-0.4, -0.2) is 0 Å². The molecular formula is C46H28O. The molecule has 1 heterocycles. The van der Waals surface area contributed by atoms with Gasteiger partial charge in [-0.25, -0.2) is 0 Å². The molecule has 0 amide bonds. The molecule has 0 radical (unpaired) electrons. The van der Waals surface area contributed by atoms with Crippen LogP contribution < -0.4 is 0 Å². The van der Waals surface area contributed by atoms with Gasteiger partial charge in [-0.05, 0) is 101 Å². The van der Waals surface area contributed by atoms with Crippen molar-refractivity contribution in [3.05, 3.63) is 170 Å². The minimum absolute atomic E-state index is 0.940. The average Bonchev–Trinajstić information content (AvgIpc) is 3.53. The zero-order chi connectivity index (χ0) is 30.9. The first-order chi connectivity index (χ1) is 23.3. The average molecular weight is 597 g/mol. The fourth-order valence-corrected chi connectivity index (χ4v) is 7.78. The van der Waals surface area contributed by atoms with Crippen molar-refractivity contribution >= 4 is 54.3 Å². The second-order valence-electron chi connectivity index (χ2n) is 12.4. The molecule has 9 aromatic carbocycles. The Morgan fingerprint density at radius 2 is 0.830 bits per heavy atom. The number of fused-ring (bicyclic) bond motifs is 2. The van der Waals surface area contributed by atoms with E-state index in [-0.39, 0.29) is 0 Å². The Morgan fingerprint density at radius 3 is 1.51 bits per heavy atom.